The van der Waals surface area contributed by atoms with Crippen LogP contribution in [0.3, 0.4) is 0 Å². The molecule has 1 saturated heterocycles. The molecule has 1 fully saturated rings. The van der Waals surface area contributed by atoms with Crippen LogP contribution in [0.25, 0.3) is 0 Å². The molecule has 4 rings (SSSR count). The zero-order valence-electron chi connectivity index (χ0n) is 19.0. The van der Waals surface area contributed by atoms with E-state index in [4.69, 9.17) is 4.74 Å². The van der Waals surface area contributed by atoms with E-state index in [1.165, 1.54) is 5.69 Å². The summed E-state index contributed by atoms with van der Waals surface area (Å²) in [6, 6.07) is 19.5. The molecular weight excluding hydrogens is 402 g/mol. The normalized spacial score (nSPS) is 15.5. The van der Waals surface area contributed by atoms with Gasteiger partial charge in [-0.15, -0.1) is 0 Å². The van der Waals surface area contributed by atoms with Gasteiger partial charge < -0.3 is 19.3 Å². The molecule has 168 valence electrons. The first-order valence-electron chi connectivity index (χ1n) is 11.2. The zero-order chi connectivity index (χ0) is 22.7. The summed E-state index contributed by atoms with van der Waals surface area (Å²) in [5.41, 5.74) is 3.11. The van der Waals surface area contributed by atoms with Crippen molar-refractivity contribution in [1.29, 1.82) is 0 Å². The highest BCUT2D eigenvalue weighted by molar-refractivity contribution is 5.48. The van der Waals surface area contributed by atoms with Crippen LogP contribution < -0.4 is 15.2 Å². The minimum Gasteiger partial charge on any atom is -0.507 e. The Bertz CT molecular complexity index is 1120. The molecule has 6 nitrogen and oxygen atoms in total. The first kappa shape index (κ1) is 22.0. The Kier molecular flexibility index (Phi) is 6.51. The van der Waals surface area contributed by atoms with Gasteiger partial charge >= 0.3 is 0 Å². The molecular formula is C26H31N3O3. The largest absolute Gasteiger partial charge is 0.507 e. The Morgan fingerprint density at radius 1 is 1.00 bits per heavy atom. The lowest BCUT2D eigenvalue weighted by Gasteiger charge is -2.40. The van der Waals surface area contributed by atoms with Crippen LogP contribution in [0.2, 0.25) is 0 Å². The van der Waals surface area contributed by atoms with Crippen molar-refractivity contribution in [3.63, 3.8) is 0 Å². The van der Waals surface area contributed by atoms with Crippen molar-refractivity contribution in [3.8, 4) is 11.5 Å². The van der Waals surface area contributed by atoms with Crippen molar-refractivity contribution in [2.75, 3.05) is 38.2 Å². The van der Waals surface area contributed by atoms with Crippen LogP contribution in [0, 0.1) is 6.92 Å². The van der Waals surface area contributed by atoms with Gasteiger partial charge in [0.15, 0.2) is 0 Å². The Balaban J connectivity index is 1.77. The molecule has 1 aliphatic rings. The highest BCUT2D eigenvalue weighted by Gasteiger charge is 2.33. The van der Waals surface area contributed by atoms with E-state index in [1.807, 2.05) is 44.2 Å². The van der Waals surface area contributed by atoms with E-state index in [-0.39, 0.29) is 11.3 Å². The standard InChI is InChI=1S/C26H31N3O3/c1-4-29-19(2)18-22(30)24(26(29)31)25(21-12-8-9-13-23(21)32-3)28-16-14-27(15-17-28)20-10-6-5-7-11-20/h5-13,18,25,30H,4,14-17H2,1-3H3/t25-/m1/s1. The molecule has 1 aliphatic heterocycles. The maximum Gasteiger partial charge on any atom is 0.259 e. The first-order valence-corrected chi connectivity index (χ1v) is 11.2. The molecule has 0 spiro atoms. The molecule has 0 unspecified atom stereocenters. The number of pyridine rings is 1. The topological polar surface area (TPSA) is 57.9 Å². The van der Waals surface area contributed by atoms with E-state index in [9.17, 15) is 9.90 Å². The molecule has 2 aromatic carbocycles. The first-order chi connectivity index (χ1) is 15.5. The van der Waals surface area contributed by atoms with E-state index in [2.05, 4.69) is 34.1 Å². The Labute approximate surface area is 189 Å². The summed E-state index contributed by atoms with van der Waals surface area (Å²) in [5.74, 6) is 0.754. The minimum absolute atomic E-state index is 0.0404. The van der Waals surface area contributed by atoms with Gasteiger partial charge in [-0.2, -0.15) is 0 Å². The fourth-order valence-electron chi connectivity index (χ4n) is 4.72. The van der Waals surface area contributed by atoms with Gasteiger partial charge in [0.05, 0.1) is 18.7 Å². The second kappa shape index (κ2) is 9.49. The summed E-state index contributed by atoms with van der Waals surface area (Å²) in [5, 5.41) is 11.0. The third-order valence-corrected chi connectivity index (χ3v) is 6.35. The number of ether oxygens (including phenoxy) is 1. The van der Waals surface area contributed by atoms with Crippen molar-refractivity contribution in [2.45, 2.75) is 26.4 Å². The number of hydrogen-bond acceptors (Lipinski definition) is 5. The summed E-state index contributed by atoms with van der Waals surface area (Å²) >= 11 is 0. The molecule has 32 heavy (non-hydrogen) atoms. The number of piperazine rings is 1. The van der Waals surface area contributed by atoms with E-state index < -0.39 is 6.04 Å². The predicted molar refractivity (Wildman–Crippen MR) is 128 cm³/mol. The number of benzene rings is 2. The van der Waals surface area contributed by atoms with E-state index >= 15 is 0 Å². The highest BCUT2D eigenvalue weighted by Crippen LogP contribution is 2.37. The van der Waals surface area contributed by atoms with Gasteiger partial charge in [0, 0.05) is 49.7 Å². The van der Waals surface area contributed by atoms with Crippen LogP contribution in [-0.4, -0.2) is 47.9 Å². The number of para-hydroxylation sites is 2. The van der Waals surface area contributed by atoms with Crippen molar-refractivity contribution < 1.29 is 9.84 Å². The van der Waals surface area contributed by atoms with Gasteiger partial charge in [0.25, 0.3) is 5.56 Å². The number of aromatic hydroxyl groups is 1. The molecule has 0 aliphatic carbocycles. The number of methoxy groups -OCH3 is 1. The SMILES string of the molecule is CCn1c(C)cc(O)c([C@@H](c2ccccc2OC)N2CCN(c3ccccc3)CC2)c1=O. The van der Waals surface area contributed by atoms with Crippen molar-refractivity contribution in [1.82, 2.24) is 9.47 Å². The van der Waals surface area contributed by atoms with Crippen LogP contribution in [0.15, 0.2) is 65.5 Å². The van der Waals surface area contributed by atoms with Crippen molar-refractivity contribution >= 4 is 5.69 Å². The van der Waals surface area contributed by atoms with Gasteiger partial charge in [-0.3, -0.25) is 9.69 Å². The minimum atomic E-state index is -0.394. The maximum absolute atomic E-state index is 13.5. The number of rotatable bonds is 6. The smallest absolute Gasteiger partial charge is 0.259 e. The van der Waals surface area contributed by atoms with Crippen LogP contribution in [-0.2, 0) is 6.54 Å². The summed E-state index contributed by atoms with van der Waals surface area (Å²) in [6.07, 6.45) is 0. The van der Waals surface area contributed by atoms with Crippen LogP contribution in [0.1, 0.15) is 29.8 Å². The average molecular weight is 434 g/mol. The Hall–Kier alpha value is -3.25. The van der Waals surface area contributed by atoms with Crippen LogP contribution >= 0.6 is 0 Å². The summed E-state index contributed by atoms with van der Waals surface area (Å²) in [4.78, 5) is 18.1. The number of anilines is 1. The molecule has 1 atom stereocenters. The van der Waals surface area contributed by atoms with Crippen LogP contribution in [0.5, 0.6) is 11.5 Å². The van der Waals surface area contributed by atoms with Gasteiger partial charge in [0.2, 0.25) is 0 Å². The van der Waals surface area contributed by atoms with Gasteiger partial charge in [-0.25, -0.2) is 0 Å². The van der Waals surface area contributed by atoms with E-state index in [1.54, 1.807) is 17.7 Å². The molecule has 0 bridgehead atoms. The Morgan fingerprint density at radius 3 is 2.31 bits per heavy atom. The third-order valence-electron chi connectivity index (χ3n) is 6.35. The fraction of sp³-hybridized carbons (Fsp3) is 0.346. The highest BCUT2D eigenvalue weighted by atomic mass is 16.5. The van der Waals surface area contributed by atoms with Crippen molar-refractivity contribution in [2.24, 2.45) is 0 Å². The molecule has 1 aromatic heterocycles. The van der Waals surface area contributed by atoms with Crippen LogP contribution in [0.4, 0.5) is 5.69 Å². The number of aryl methyl sites for hydroxylation is 1. The molecule has 0 amide bonds. The quantitative estimate of drug-likeness (QED) is 0.641. The molecule has 0 radical (unpaired) electrons. The maximum atomic E-state index is 13.5. The fourth-order valence-corrected chi connectivity index (χ4v) is 4.72. The number of nitrogens with zero attached hydrogens (tertiary/aromatic N) is 3. The van der Waals surface area contributed by atoms with E-state index in [0.717, 1.165) is 37.4 Å². The Morgan fingerprint density at radius 2 is 1.66 bits per heavy atom. The monoisotopic (exact) mass is 433 g/mol. The third kappa shape index (κ3) is 4.10. The molecule has 0 saturated carbocycles. The average Bonchev–Trinajstić information content (AvgIpc) is 2.82. The lowest BCUT2D eigenvalue weighted by Crippen LogP contribution is -2.49. The zero-order valence-corrected chi connectivity index (χ0v) is 19.0. The second-order valence-corrected chi connectivity index (χ2v) is 8.14. The van der Waals surface area contributed by atoms with Gasteiger partial charge in [-0.05, 0) is 38.1 Å². The lowest BCUT2D eigenvalue weighted by molar-refractivity contribution is 0.204. The number of aromatic nitrogens is 1. The summed E-state index contributed by atoms with van der Waals surface area (Å²) in [7, 11) is 1.64. The van der Waals surface area contributed by atoms with E-state index in [0.29, 0.717) is 17.9 Å². The summed E-state index contributed by atoms with van der Waals surface area (Å²) < 4.78 is 7.38. The van der Waals surface area contributed by atoms with Gasteiger partial charge in [-0.1, -0.05) is 36.4 Å². The molecule has 2 heterocycles. The number of hydrogen-bond donors (Lipinski definition) is 1. The molecule has 3 aromatic rings. The molecule has 6 heteroatoms. The lowest BCUT2D eigenvalue weighted by atomic mass is 9.95. The summed E-state index contributed by atoms with van der Waals surface area (Å²) in [6.45, 7) is 7.55. The second-order valence-electron chi connectivity index (χ2n) is 8.14. The van der Waals surface area contributed by atoms with Gasteiger partial charge in [0.1, 0.15) is 11.5 Å². The molecule has 1 N–H and O–H groups in total. The predicted octanol–water partition coefficient (Wildman–Crippen LogP) is 3.80. The van der Waals surface area contributed by atoms with Crippen molar-refractivity contribution in [3.05, 3.63) is 87.8 Å².